The zero-order valence-corrected chi connectivity index (χ0v) is 15.1. The molecule has 3 aromatic rings. The van der Waals surface area contributed by atoms with Crippen molar-refractivity contribution in [1.82, 2.24) is 9.97 Å². The Labute approximate surface area is 149 Å². The summed E-state index contributed by atoms with van der Waals surface area (Å²) < 4.78 is 0. The average molecular weight is 355 g/mol. The van der Waals surface area contributed by atoms with Crippen molar-refractivity contribution in [3.63, 3.8) is 0 Å². The quantitative estimate of drug-likeness (QED) is 0.685. The number of hydrogen-bond acceptors (Lipinski definition) is 5. The van der Waals surface area contributed by atoms with Crippen molar-refractivity contribution in [1.29, 1.82) is 0 Å². The third-order valence-corrected chi connectivity index (χ3v) is 4.97. The largest absolute Gasteiger partial charge is 0.326 e. The van der Waals surface area contributed by atoms with Crippen LogP contribution in [0.3, 0.4) is 0 Å². The van der Waals surface area contributed by atoms with E-state index in [1.54, 1.807) is 11.3 Å². The summed E-state index contributed by atoms with van der Waals surface area (Å²) in [6.45, 7) is 3.93. The second-order valence-corrected chi connectivity index (χ2v) is 7.44. The van der Waals surface area contributed by atoms with Crippen LogP contribution in [0.25, 0.3) is 0 Å². The SMILES string of the molecule is Cc1cc(C)nc(Sc2ccc(NC(=O)Cc3cccs3)cc2)n1. The Morgan fingerprint density at radius 1 is 1.12 bits per heavy atom. The number of nitrogens with one attached hydrogen (secondary N) is 1. The van der Waals surface area contributed by atoms with E-state index in [1.165, 1.54) is 11.8 Å². The molecular weight excluding hydrogens is 338 g/mol. The van der Waals surface area contributed by atoms with E-state index >= 15 is 0 Å². The summed E-state index contributed by atoms with van der Waals surface area (Å²) in [6, 6.07) is 13.6. The second kappa shape index (κ2) is 7.59. The Hall–Kier alpha value is -2.18. The highest BCUT2D eigenvalue weighted by atomic mass is 32.2. The first-order valence-electron chi connectivity index (χ1n) is 7.51. The molecule has 0 bridgehead atoms. The number of nitrogens with zero attached hydrogens (tertiary/aromatic N) is 2. The van der Waals surface area contributed by atoms with Gasteiger partial charge in [0, 0.05) is 26.8 Å². The molecule has 1 amide bonds. The Kier molecular flexibility index (Phi) is 5.27. The molecule has 0 aliphatic carbocycles. The number of aryl methyl sites for hydroxylation is 2. The minimum Gasteiger partial charge on any atom is -0.326 e. The summed E-state index contributed by atoms with van der Waals surface area (Å²) in [7, 11) is 0. The maximum absolute atomic E-state index is 12.0. The predicted octanol–water partition coefficient (Wildman–Crippen LogP) is 4.49. The molecular formula is C18H17N3OS2. The lowest BCUT2D eigenvalue weighted by Crippen LogP contribution is -2.13. The van der Waals surface area contributed by atoms with Crippen molar-refractivity contribution in [2.75, 3.05) is 5.32 Å². The number of carbonyl (C=O) groups is 1. The summed E-state index contributed by atoms with van der Waals surface area (Å²) in [5.74, 6) is -0.00417. The normalized spacial score (nSPS) is 10.6. The van der Waals surface area contributed by atoms with Crippen molar-refractivity contribution in [3.8, 4) is 0 Å². The lowest BCUT2D eigenvalue weighted by atomic mass is 10.3. The molecule has 0 atom stereocenters. The molecule has 1 N–H and O–H groups in total. The topological polar surface area (TPSA) is 54.9 Å². The summed E-state index contributed by atoms with van der Waals surface area (Å²) in [5.41, 5.74) is 2.71. The number of rotatable bonds is 5. The summed E-state index contributed by atoms with van der Waals surface area (Å²) in [5, 5.41) is 5.63. The molecule has 0 spiro atoms. The van der Waals surface area contributed by atoms with Crippen LogP contribution in [0, 0.1) is 13.8 Å². The van der Waals surface area contributed by atoms with Crippen molar-refractivity contribution in [3.05, 3.63) is 64.1 Å². The molecule has 0 saturated carbocycles. The van der Waals surface area contributed by atoms with Crippen molar-refractivity contribution >= 4 is 34.7 Å². The van der Waals surface area contributed by atoms with Gasteiger partial charge in [0.15, 0.2) is 5.16 Å². The number of benzene rings is 1. The van der Waals surface area contributed by atoms with E-state index < -0.39 is 0 Å². The molecule has 122 valence electrons. The third-order valence-electron chi connectivity index (χ3n) is 3.22. The van der Waals surface area contributed by atoms with Gasteiger partial charge in [0.25, 0.3) is 0 Å². The molecule has 0 aliphatic heterocycles. The van der Waals surface area contributed by atoms with E-state index in [4.69, 9.17) is 0 Å². The Morgan fingerprint density at radius 2 is 1.83 bits per heavy atom. The molecule has 0 fully saturated rings. The van der Waals surface area contributed by atoms with Gasteiger partial charge in [0.2, 0.25) is 5.91 Å². The van der Waals surface area contributed by atoms with Crippen LogP contribution >= 0.6 is 23.1 Å². The zero-order chi connectivity index (χ0) is 16.9. The number of hydrogen-bond donors (Lipinski definition) is 1. The fourth-order valence-electron chi connectivity index (χ4n) is 2.23. The molecule has 24 heavy (non-hydrogen) atoms. The first kappa shape index (κ1) is 16.7. The van der Waals surface area contributed by atoms with Gasteiger partial charge in [0.05, 0.1) is 6.42 Å². The first-order valence-corrected chi connectivity index (χ1v) is 9.20. The highest BCUT2D eigenvalue weighted by Gasteiger charge is 2.06. The van der Waals surface area contributed by atoms with Gasteiger partial charge < -0.3 is 5.32 Å². The van der Waals surface area contributed by atoms with E-state index in [1.807, 2.05) is 61.7 Å². The van der Waals surface area contributed by atoms with E-state index in [0.717, 1.165) is 32.0 Å². The average Bonchev–Trinajstić information content (AvgIpc) is 3.01. The van der Waals surface area contributed by atoms with Crippen LogP contribution < -0.4 is 5.32 Å². The number of carbonyl (C=O) groups excluding carboxylic acids is 1. The van der Waals surface area contributed by atoms with E-state index in [2.05, 4.69) is 15.3 Å². The predicted molar refractivity (Wildman–Crippen MR) is 98.7 cm³/mol. The van der Waals surface area contributed by atoms with Crippen LogP contribution in [-0.2, 0) is 11.2 Å². The van der Waals surface area contributed by atoms with Crippen LogP contribution in [0.4, 0.5) is 5.69 Å². The highest BCUT2D eigenvalue weighted by Crippen LogP contribution is 2.26. The van der Waals surface area contributed by atoms with E-state index in [-0.39, 0.29) is 5.91 Å². The van der Waals surface area contributed by atoms with Crippen LogP contribution in [-0.4, -0.2) is 15.9 Å². The molecule has 1 aromatic carbocycles. The minimum absolute atomic E-state index is 0.00417. The third kappa shape index (κ3) is 4.66. The maximum atomic E-state index is 12.0. The van der Waals surface area contributed by atoms with Gasteiger partial charge in [0.1, 0.15) is 0 Å². The maximum Gasteiger partial charge on any atom is 0.229 e. The molecule has 2 aromatic heterocycles. The highest BCUT2D eigenvalue weighted by molar-refractivity contribution is 7.99. The van der Waals surface area contributed by atoms with Gasteiger partial charge in [-0.2, -0.15) is 0 Å². The zero-order valence-electron chi connectivity index (χ0n) is 13.4. The van der Waals surface area contributed by atoms with Crippen LogP contribution in [0.15, 0.2) is 57.9 Å². The van der Waals surface area contributed by atoms with Gasteiger partial charge in [-0.3, -0.25) is 4.79 Å². The molecule has 6 heteroatoms. The first-order chi connectivity index (χ1) is 11.6. The van der Waals surface area contributed by atoms with Crippen molar-refractivity contribution in [2.24, 2.45) is 0 Å². The standard InChI is InChI=1S/C18H17N3OS2/c1-12-10-13(2)20-18(19-12)24-15-7-5-14(6-8-15)21-17(22)11-16-4-3-9-23-16/h3-10H,11H2,1-2H3,(H,21,22). The lowest BCUT2D eigenvalue weighted by molar-refractivity contribution is -0.115. The monoisotopic (exact) mass is 355 g/mol. The fourth-order valence-corrected chi connectivity index (χ4v) is 3.79. The molecule has 0 unspecified atom stereocenters. The van der Waals surface area contributed by atoms with Gasteiger partial charge in [-0.25, -0.2) is 9.97 Å². The number of thiophene rings is 1. The van der Waals surface area contributed by atoms with Crippen molar-refractivity contribution < 1.29 is 4.79 Å². The van der Waals surface area contributed by atoms with Gasteiger partial charge in [-0.15, -0.1) is 11.3 Å². The fraction of sp³-hybridized carbons (Fsp3) is 0.167. The van der Waals surface area contributed by atoms with Crippen LogP contribution in [0.5, 0.6) is 0 Å². The minimum atomic E-state index is -0.00417. The Balaban J connectivity index is 1.61. The van der Waals surface area contributed by atoms with E-state index in [0.29, 0.717) is 6.42 Å². The van der Waals surface area contributed by atoms with Crippen LogP contribution in [0.1, 0.15) is 16.3 Å². The van der Waals surface area contributed by atoms with Gasteiger partial charge in [-0.05, 0) is 67.4 Å². The lowest BCUT2D eigenvalue weighted by Gasteiger charge is -2.06. The molecule has 4 nitrogen and oxygen atoms in total. The Bertz CT molecular complexity index is 810. The number of amides is 1. The number of aromatic nitrogens is 2. The molecule has 0 saturated heterocycles. The molecule has 0 aliphatic rings. The smallest absolute Gasteiger partial charge is 0.229 e. The molecule has 3 rings (SSSR count). The van der Waals surface area contributed by atoms with Crippen molar-refractivity contribution in [2.45, 2.75) is 30.3 Å². The summed E-state index contributed by atoms with van der Waals surface area (Å²) >= 11 is 3.10. The van der Waals surface area contributed by atoms with Gasteiger partial charge in [-0.1, -0.05) is 6.07 Å². The van der Waals surface area contributed by atoms with Crippen LogP contribution in [0.2, 0.25) is 0 Å². The van der Waals surface area contributed by atoms with E-state index in [9.17, 15) is 4.79 Å². The Morgan fingerprint density at radius 3 is 2.46 bits per heavy atom. The van der Waals surface area contributed by atoms with Gasteiger partial charge >= 0.3 is 0 Å². The summed E-state index contributed by atoms with van der Waals surface area (Å²) in [4.78, 5) is 23.0. The number of anilines is 1. The summed E-state index contributed by atoms with van der Waals surface area (Å²) in [6.07, 6.45) is 0.407. The molecule has 0 radical (unpaired) electrons. The second-order valence-electron chi connectivity index (χ2n) is 5.36. The molecule has 2 heterocycles.